The molecule has 4 rings (SSSR count). The maximum absolute atomic E-state index is 13.2. The highest BCUT2D eigenvalue weighted by atomic mass is 35.5. The number of hydrogen-bond acceptors (Lipinski definition) is 5. The van der Waals surface area contributed by atoms with Gasteiger partial charge in [0.2, 0.25) is 11.8 Å². The normalized spacial score (nSPS) is 19.8. The zero-order valence-electron chi connectivity index (χ0n) is 18.7. The zero-order valence-corrected chi connectivity index (χ0v) is 19.5. The van der Waals surface area contributed by atoms with Crippen LogP contribution in [0.15, 0.2) is 24.3 Å². The molecule has 2 aliphatic rings. The molecule has 3 atom stereocenters. The second kappa shape index (κ2) is 10.6. The minimum atomic E-state index is -1.00. The van der Waals surface area contributed by atoms with Gasteiger partial charge in [0.05, 0.1) is 16.6 Å². The molecule has 2 heterocycles. The van der Waals surface area contributed by atoms with Crippen LogP contribution in [0.25, 0.3) is 10.9 Å². The van der Waals surface area contributed by atoms with Gasteiger partial charge in [0.25, 0.3) is 5.91 Å². The summed E-state index contributed by atoms with van der Waals surface area (Å²) in [5.41, 5.74) is 0.912. The summed E-state index contributed by atoms with van der Waals surface area (Å²) in [5.74, 6) is -1.77. The molecule has 1 aromatic heterocycles. The molecular weight excluding hydrogens is 460 g/mol. The topological polar surface area (TPSA) is 140 Å². The first-order chi connectivity index (χ1) is 16.4. The van der Waals surface area contributed by atoms with Crippen LogP contribution < -0.4 is 16.0 Å². The summed E-state index contributed by atoms with van der Waals surface area (Å²) in [6.07, 6.45) is 3.91. The number of H-pyrrole nitrogens is 1. The van der Waals surface area contributed by atoms with E-state index in [2.05, 4.69) is 20.9 Å². The molecule has 2 unspecified atom stereocenters. The van der Waals surface area contributed by atoms with Gasteiger partial charge in [0, 0.05) is 17.8 Å². The first-order valence-electron chi connectivity index (χ1n) is 11.7. The van der Waals surface area contributed by atoms with Gasteiger partial charge in [-0.15, -0.1) is 0 Å². The Kier molecular flexibility index (Phi) is 7.53. The van der Waals surface area contributed by atoms with Gasteiger partial charge in [0.1, 0.15) is 18.3 Å². The lowest BCUT2D eigenvalue weighted by atomic mass is 9.90. The standard InChI is InChI=1S/C24H29ClN4O5/c25-16-5-1-3-14-10-19(27-21(14)16)24(34)29-18(9-13-6-7-13)23(33)28-17(20(31)12-30)11-15-4-2-8-26-22(15)32/h1,3,5,10,13,15,17-18,27,30H,2,4,6-9,11-12H2,(H,26,32)(H,28,33)(H,29,34)/t15-,17?,18?/m0/s1. The van der Waals surface area contributed by atoms with Gasteiger partial charge < -0.3 is 26.0 Å². The Morgan fingerprint density at radius 2 is 1.91 bits per heavy atom. The fraction of sp³-hybridized carbons (Fsp3) is 0.500. The van der Waals surface area contributed by atoms with Gasteiger partial charge in [-0.25, -0.2) is 0 Å². The van der Waals surface area contributed by atoms with Gasteiger partial charge in [0.15, 0.2) is 5.78 Å². The van der Waals surface area contributed by atoms with Crippen LogP contribution >= 0.6 is 11.6 Å². The van der Waals surface area contributed by atoms with Crippen LogP contribution in [0.5, 0.6) is 0 Å². The number of piperidine rings is 1. The lowest BCUT2D eigenvalue weighted by molar-refractivity contribution is -0.132. The number of carbonyl (C=O) groups is 4. The Morgan fingerprint density at radius 3 is 2.59 bits per heavy atom. The third-order valence-corrected chi connectivity index (χ3v) is 6.83. The highest BCUT2D eigenvalue weighted by molar-refractivity contribution is 6.35. The lowest BCUT2D eigenvalue weighted by Gasteiger charge is -2.27. The smallest absolute Gasteiger partial charge is 0.268 e. The molecule has 1 saturated carbocycles. The van der Waals surface area contributed by atoms with E-state index in [9.17, 15) is 24.3 Å². The van der Waals surface area contributed by atoms with Crippen LogP contribution in [-0.2, 0) is 14.4 Å². The number of Topliss-reactive ketones (excluding diaryl/α,β-unsaturated/α-hetero) is 1. The van der Waals surface area contributed by atoms with Crippen molar-refractivity contribution in [3.63, 3.8) is 0 Å². The van der Waals surface area contributed by atoms with Gasteiger partial charge in [-0.1, -0.05) is 36.6 Å². The Hall–Kier alpha value is -2.91. The Morgan fingerprint density at radius 1 is 1.12 bits per heavy atom. The van der Waals surface area contributed by atoms with Gasteiger partial charge in [-0.2, -0.15) is 0 Å². The largest absolute Gasteiger partial charge is 0.389 e. The summed E-state index contributed by atoms with van der Waals surface area (Å²) >= 11 is 6.19. The number of para-hydroxylation sites is 1. The number of aliphatic hydroxyl groups excluding tert-OH is 1. The average Bonchev–Trinajstić information content (AvgIpc) is 3.53. The Bertz CT molecular complexity index is 1100. The highest BCUT2D eigenvalue weighted by Crippen LogP contribution is 2.34. The molecule has 5 N–H and O–H groups in total. The monoisotopic (exact) mass is 488 g/mol. The average molecular weight is 489 g/mol. The number of halogens is 1. The van der Waals surface area contributed by atoms with E-state index in [1.54, 1.807) is 18.2 Å². The minimum Gasteiger partial charge on any atom is -0.389 e. The number of amides is 3. The fourth-order valence-corrected chi connectivity index (χ4v) is 4.62. The first-order valence-corrected chi connectivity index (χ1v) is 12.0. The van der Waals surface area contributed by atoms with Crippen molar-refractivity contribution >= 4 is 46.0 Å². The molecule has 0 bridgehead atoms. The Labute approximate surface area is 202 Å². The fourth-order valence-electron chi connectivity index (χ4n) is 4.39. The van der Waals surface area contributed by atoms with Crippen molar-refractivity contribution < 1.29 is 24.3 Å². The summed E-state index contributed by atoms with van der Waals surface area (Å²) in [6, 6.07) is 5.15. The molecule has 1 aliphatic carbocycles. The van der Waals surface area contributed by atoms with Crippen LogP contribution in [0, 0.1) is 11.8 Å². The van der Waals surface area contributed by atoms with Crippen molar-refractivity contribution in [1.82, 2.24) is 20.9 Å². The molecule has 1 aliphatic heterocycles. The maximum atomic E-state index is 13.2. The summed E-state index contributed by atoms with van der Waals surface area (Å²) in [7, 11) is 0. The molecule has 1 saturated heterocycles. The summed E-state index contributed by atoms with van der Waals surface area (Å²) < 4.78 is 0. The van der Waals surface area contributed by atoms with E-state index in [0.29, 0.717) is 35.8 Å². The van der Waals surface area contributed by atoms with Gasteiger partial charge >= 0.3 is 0 Å². The van der Waals surface area contributed by atoms with E-state index >= 15 is 0 Å². The zero-order chi connectivity index (χ0) is 24.2. The molecule has 10 heteroatoms. The van der Waals surface area contributed by atoms with Crippen molar-refractivity contribution in [1.29, 1.82) is 0 Å². The van der Waals surface area contributed by atoms with Crippen LogP contribution in [0.2, 0.25) is 5.02 Å². The number of ketones is 1. The van der Waals surface area contributed by atoms with Crippen molar-refractivity contribution in [3.05, 3.63) is 35.0 Å². The molecule has 2 fully saturated rings. The van der Waals surface area contributed by atoms with Crippen LogP contribution in [-0.4, -0.2) is 58.8 Å². The predicted molar refractivity (Wildman–Crippen MR) is 126 cm³/mol. The summed E-state index contributed by atoms with van der Waals surface area (Å²) in [4.78, 5) is 53.6. The Balaban J connectivity index is 1.46. The number of aromatic nitrogens is 1. The number of aromatic amines is 1. The van der Waals surface area contributed by atoms with E-state index in [4.69, 9.17) is 11.6 Å². The third-order valence-electron chi connectivity index (χ3n) is 6.52. The maximum Gasteiger partial charge on any atom is 0.268 e. The molecule has 2 aromatic rings. The van der Waals surface area contributed by atoms with Crippen LogP contribution in [0.3, 0.4) is 0 Å². The number of nitrogens with one attached hydrogen (secondary N) is 4. The second-order valence-electron chi connectivity index (χ2n) is 9.14. The minimum absolute atomic E-state index is 0.113. The molecule has 9 nitrogen and oxygen atoms in total. The molecule has 0 radical (unpaired) electrons. The van der Waals surface area contributed by atoms with E-state index in [0.717, 1.165) is 24.6 Å². The van der Waals surface area contributed by atoms with E-state index in [1.807, 2.05) is 6.07 Å². The number of carbonyl (C=O) groups excluding carboxylic acids is 4. The molecule has 182 valence electrons. The number of fused-ring (bicyclic) bond motifs is 1. The van der Waals surface area contributed by atoms with Crippen molar-refractivity contribution in [3.8, 4) is 0 Å². The number of rotatable bonds is 10. The number of aliphatic hydroxyl groups is 1. The van der Waals surface area contributed by atoms with E-state index < -0.39 is 42.2 Å². The van der Waals surface area contributed by atoms with Gasteiger partial charge in [-0.3, -0.25) is 19.2 Å². The van der Waals surface area contributed by atoms with Gasteiger partial charge in [-0.05, 0) is 43.7 Å². The predicted octanol–water partition coefficient (Wildman–Crippen LogP) is 1.68. The highest BCUT2D eigenvalue weighted by Gasteiger charge is 2.34. The third kappa shape index (κ3) is 5.77. The molecule has 1 aromatic carbocycles. The molecule has 0 spiro atoms. The quantitative estimate of drug-likeness (QED) is 0.346. The van der Waals surface area contributed by atoms with Crippen LogP contribution in [0.4, 0.5) is 0 Å². The number of benzene rings is 1. The SMILES string of the molecule is O=C(NC(CC1CC1)C(=O)NC(C[C@@H]1CCCNC1=O)C(=O)CO)c1cc2cccc(Cl)c2[nH]1. The molecule has 34 heavy (non-hydrogen) atoms. The molecule has 3 amide bonds. The van der Waals surface area contributed by atoms with Crippen LogP contribution in [0.1, 0.15) is 49.0 Å². The summed E-state index contributed by atoms with van der Waals surface area (Å²) in [5, 5.41) is 18.9. The number of hydrogen-bond donors (Lipinski definition) is 5. The van der Waals surface area contributed by atoms with E-state index in [1.165, 1.54) is 0 Å². The van der Waals surface area contributed by atoms with E-state index in [-0.39, 0.29) is 18.0 Å². The second-order valence-corrected chi connectivity index (χ2v) is 9.55. The lowest BCUT2D eigenvalue weighted by Crippen LogP contribution is -2.53. The summed E-state index contributed by atoms with van der Waals surface area (Å²) in [6.45, 7) is -0.149. The van der Waals surface area contributed by atoms with Crippen molar-refractivity contribution in [2.75, 3.05) is 13.2 Å². The van der Waals surface area contributed by atoms with Crippen molar-refractivity contribution in [2.45, 2.75) is 50.6 Å². The molecular formula is C24H29ClN4O5. The first kappa shape index (κ1) is 24.2. The van der Waals surface area contributed by atoms with Crippen molar-refractivity contribution in [2.24, 2.45) is 11.8 Å².